The number of likely N-dealkylation sites (tertiary alicyclic amines) is 1. The third kappa shape index (κ3) is 3.58. The van der Waals surface area contributed by atoms with E-state index in [9.17, 15) is 0 Å². The Bertz CT molecular complexity index is 475. The number of hydrogen-bond donors (Lipinski definition) is 0. The Kier molecular flexibility index (Phi) is 5.42. The predicted molar refractivity (Wildman–Crippen MR) is 90.0 cm³/mol. The molecule has 0 N–H and O–H groups in total. The van der Waals surface area contributed by atoms with Crippen LogP contribution in [0.3, 0.4) is 0 Å². The Morgan fingerprint density at radius 2 is 1.89 bits per heavy atom. The molecule has 2 nitrogen and oxygen atoms in total. The van der Waals surface area contributed by atoms with Crippen molar-refractivity contribution in [3.63, 3.8) is 0 Å². The van der Waals surface area contributed by atoms with E-state index >= 15 is 0 Å². The molecule has 1 heterocycles. The number of hydrogen-bond acceptors (Lipinski definition) is 2. The van der Waals surface area contributed by atoms with Gasteiger partial charge in [0.15, 0.2) is 0 Å². The zero-order chi connectivity index (χ0) is 13.8. The van der Waals surface area contributed by atoms with Crippen molar-refractivity contribution in [2.24, 2.45) is 0 Å². The predicted octanol–water partition coefficient (Wildman–Crippen LogP) is 4.55. The maximum atomic E-state index is 5.61. The van der Waals surface area contributed by atoms with Gasteiger partial charge in [0.2, 0.25) is 0 Å². The van der Waals surface area contributed by atoms with Crippen LogP contribution in [0.15, 0.2) is 33.7 Å². The van der Waals surface area contributed by atoms with Gasteiger partial charge in [0, 0.05) is 18.7 Å². The van der Waals surface area contributed by atoms with Crippen LogP contribution in [0.4, 0.5) is 0 Å². The van der Waals surface area contributed by atoms with Gasteiger partial charge in [-0.25, -0.2) is 0 Å². The number of halogens is 2. The minimum absolute atomic E-state index is 0.479. The summed E-state index contributed by atoms with van der Waals surface area (Å²) in [5.41, 5.74) is 1.04. The van der Waals surface area contributed by atoms with E-state index in [0.29, 0.717) is 6.61 Å². The van der Waals surface area contributed by atoms with Crippen LogP contribution in [0.5, 0.6) is 5.75 Å². The monoisotopic (exact) mass is 403 g/mol. The number of nitrogens with zero attached hydrogens (tertiary/aromatic N) is 1. The maximum Gasteiger partial charge on any atom is 0.148 e. The van der Waals surface area contributed by atoms with Gasteiger partial charge < -0.3 is 9.64 Å². The van der Waals surface area contributed by atoms with Crippen LogP contribution < -0.4 is 4.74 Å². The van der Waals surface area contributed by atoms with E-state index < -0.39 is 0 Å². The number of benzene rings is 1. The molecule has 19 heavy (non-hydrogen) atoms. The summed E-state index contributed by atoms with van der Waals surface area (Å²) >= 11 is 12.6. The molecule has 1 fully saturated rings. The van der Waals surface area contributed by atoms with Crippen LogP contribution >= 0.6 is 44.1 Å². The van der Waals surface area contributed by atoms with Crippen LogP contribution in [0, 0.1) is 0 Å². The van der Waals surface area contributed by atoms with Gasteiger partial charge in [-0.3, -0.25) is 0 Å². The van der Waals surface area contributed by atoms with E-state index in [1.54, 1.807) is 6.08 Å². The number of rotatable bonds is 4. The lowest BCUT2D eigenvalue weighted by Crippen LogP contribution is -2.26. The average Bonchev–Trinajstić information content (AvgIpc) is 2.90. The molecule has 0 aliphatic carbocycles. The first-order valence-corrected chi connectivity index (χ1v) is 8.15. The first-order valence-electron chi connectivity index (χ1n) is 6.15. The first kappa shape index (κ1) is 15.0. The first-order chi connectivity index (χ1) is 9.13. The van der Waals surface area contributed by atoms with Gasteiger partial charge in [0.1, 0.15) is 17.3 Å². The topological polar surface area (TPSA) is 12.5 Å². The molecule has 5 heteroatoms. The van der Waals surface area contributed by atoms with Crippen LogP contribution in [0.25, 0.3) is 0 Å². The Balaban J connectivity index is 2.23. The molecule has 1 aliphatic rings. The molecule has 0 spiro atoms. The van der Waals surface area contributed by atoms with E-state index in [1.165, 1.54) is 12.8 Å². The highest BCUT2D eigenvalue weighted by Crippen LogP contribution is 2.35. The molecule has 1 aromatic carbocycles. The minimum atomic E-state index is 0.479. The van der Waals surface area contributed by atoms with E-state index in [4.69, 9.17) is 17.0 Å². The maximum absolute atomic E-state index is 5.61. The summed E-state index contributed by atoms with van der Waals surface area (Å²) in [6.45, 7) is 6.25. The fraction of sp³-hybridized carbons (Fsp3) is 0.357. The molecular weight excluding hydrogens is 390 g/mol. The lowest BCUT2D eigenvalue weighted by molar-refractivity contribution is 0.358. The molecule has 0 saturated carbocycles. The Labute approximate surface area is 136 Å². The van der Waals surface area contributed by atoms with E-state index in [2.05, 4.69) is 43.3 Å². The van der Waals surface area contributed by atoms with Crippen molar-refractivity contribution in [3.8, 4) is 5.75 Å². The highest BCUT2D eigenvalue weighted by Gasteiger charge is 2.18. The fourth-order valence-electron chi connectivity index (χ4n) is 2.07. The van der Waals surface area contributed by atoms with Crippen LogP contribution in [-0.2, 0) is 0 Å². The van der Waals surface area contributed by atoms with Crippen LogP contribution in [-0.4, -0.2) is 29.6 Å². The van der Waals surface area contributed by atoms with Crippen molar-refractivity contribution in [3.05, 3.63) is 39.3 Å². The van der Waals surface area contributed by atoms with Gasteiger partial charge in [-0.05, 0) is 56.8 Å². The summed E-state index contributed by atoms with van der Waals surface area (Å²) in [6.07, 6.45) is 4.17. The lowest BCUT2D eigenvalue weighted by Gasteiger charge is -2.20. The SMILES string of the molecule is C=CCOc1c(Br)cc(C(=S)N2CCCC2)cc1Br. The summed E-state index contributed by atoms with van der Waals surface area (Å²) in [4.78, 5) is 3.17. The third-order valence-corrected chi connectivity index (χ3v) is 4.66. The molecule has 1 aliphatic heterocycles. The molecule has 2 rings (SSSR count). The largest absolute Gasteiger partial charge is 0.487 e. The molecule has 0 atom stereocenters. The summed E-state index contributed by atoms with van der Waals surface area (Å²) in [7, 11) is 0. The molecule has 0 unspecified atom stereocenters. The fourth-order valence-corrected chi connectivity index (χ4v) is 3.78. The quantitative estimate of drug-likeness (QED) is 0.539. The summed E-state index contributed by atoms with van der Waals surface area (Å²) in [5.74, 6) is 0.785. The van der Waals surface area contributed by atoms with E-state index in [1.807, 2.05) is 12.1 Å². The van der Waals surface area contributed by atoms with Gasteiger partial charge in [-0.2, -0.15) is 0 Å². The highest BCUT2D eigenvalue weighted by atomic mass is 79.9. The van der Waals surface area contributed by atoms with Crippen molar-refractivity contribution in [1.29, 1.82) is 0 Å². The highest BCUT2D eigenvalue weighted by molar-refractivity contribution is 9.11. The standard InChI is InChI=1S/C14H15Br2NOS/c1-2-7-18-13-11(15)8-10(9-12(13)16)14(19)17-5-3-4-6-17/h2,8-9H,1,3-7H2. The van der Waals surface area contributed by atoms with Crippen molar-refractivity contribution in [2.45, 2.75) is 12.8 Å². The van der Waals surface area contributed by atoms with Crippen LogP contribution in [0.1, 0.15) is 18.4 Å². The second kappa shape index (κ2) is 6.86. The molecule has 102 valence electrons. The van der Waals surface area contributed by atoms with Crippen molar-refractivity contribution in [2.75, 3.05) is 19.7 Å². The van der Waals surface area contributed by atoms with E-state index in [0.717, 1.165) is 38.3 Å². The minimum Gasteiger partial charge on any atom is -0.487 e. The smallest absolute Gasteiger partial charge is 0.148 e. The van der Waals surface area contributed by atoms with Crippen molar-refractivity contribution < 1.29 is 4.74 Å². The Morgan fingerprint density at radius 3 is 2.42 bits per heavy atom. The summed E-state index contributed by atoms with van der Waals surface area (Å²) in [6, 6.07) is 4.04. The average molecular weight is 405 g/mol. The lowest BCUT2D eigenvalue weighted by atomic mass is 10.2. The molecule has 1 aromatic rings. The molecule has 0 amide bonds. The second-order valence-corrected chi connectivity index (χ2v) is 6.46. The molecule has 0 radical (unpaired) electrons. The van der Waals surface area contributed by atoms with Crippen molar-refractivity contribution in [1.82, 2.24) is 4.90 Å². The van der Waals surface area contributed by atoms with Crippen LogP contribution in [0.2, 0.25) is 0 Å². The zero-order valence-corrected chi connectivity index (χ0v) is 14.5. The van der Waals surface area contributed by atoms with Crippen molar-refractivity contribution >= 4 is 49.1 Å². The van der Waals surface area contributed by atoms with E-state index in [-0.39, 0.29) is 0 Å². The summed E-state index contributed by atoms with van der Waals surface area (Å²) < 4.78 is 7.41. The third-order valence-electron chi connectivity index (χ3n) is 2.98. The Morgan fingerprint density at radius 1 is 1.32 bits per heavy atom. The molecule has 0 aromatic heterocycles. The van der Waals surface area contributed by atoms with Gasteiger partial charge >= 0.3 is 0 Å². The van der Waals surface area contributed by atoms with Gasteiger partial charge in [-0.15, -0.1) is 0 Å². The number of thiocarbonyl (C=S) groups is 1. The number of ether oxygens (including phenoxy) is 1. The molecule has 1 saturated heterocycles. The Hall–Kier alpha value is -0.390. The van der Waals surface area contributed by atoms with Gasteiger partial charge in [0.05, 0.1) is 8.95 Å². The van der Waals surface area contributed by atoms with Gasteiger partial charge in [-0.1, -0.05) is 24.9 Å². The van der Waals surface area contributed by atoms with Gasteiger partial charge in [0.25, 0.3) is 0 Å². The molecular formula is C14H15Br2NOS. The normalized spacial score (nSPS) is 14.5. The molecule has 0 bridgehead atoms. The zero-order valence-electron chi connectivity index (χ0n) is 10.5. The summed E-state index contributed by atoms with van der Waals surface area (Å²) in [5, 5.41) is 0. The second-order valence-electron chi connectivity index (χ2n) is 4.37.